The first-order valence-electron chi connectivity index (χ1n) is 5.26. The molecule has 1 saturated heterocycles. The van der Waals surface area contributed by atoms with Gasteiger partial charge in [-0.05, 0) is 25.0 Å². The largest absolute Gasteiger partial charge is 0.381 e. The van der Waals surface area contributed by atoms with E-state index in [2.05, 4.69) is 0 Å². The number of hydrogen-bond acceptors (Lipinski definition) is 4. The Hall–Kier alpha value is -0.420. The number of Topliss-reactive ketones (excluding diaryl/α,β-unsaturated/α-hetero) is 1. The second-order valence-electron chi connectivity index (χ2n) is 4.03. The molecule has 2 rings (SSSR count). The summed E-state index contributed by atoms with van der Waals surface area (Å²) in [7, 11) is 0. The first-order chi connectivity index (χ1) is 7.68. The molecule has 2 N–H and O–H groups in total. The van der Waals surface area contributed by atoms with Crippen molar-refractivity contribution in [3.05, 3.63) is 21.3 Å². The highest BCUT2D eigenvalue weighted by Crippen LogP contribution is 2.36. The highest BCUT2D eigenvalue weighted by Gasteiger charge is 2.39. The Morgan fingerprint density at radius 1 is 1.50 bits per heavy atom. The molecule has 2 heterocycles. The highest BCUT2D eigenvalue weighted by molar-refractivity contribution is 7.18. The van der Waals surface area contributed by atoms with Crippen LogP contribution in [0.1, 0.15) is 22.5 Å². The minimum Gasteiger partial charge on any atom is -0.381 e. The molecular formula is C11H14ClNO2S. The predicted molar refractivity (Wildman–Crippen MR) is 65.2 cm³/mol. The number of halogens is 1. The Morgan fingerprint density at radius 3 is 2.69 bits per heavy atom. The van der Waals surface area contributed by atoms with E-state index >= 15 is 0 Å². The number of carbonyl (C=O) groups is 1. The SMILES string of the molecule is NCC1(C(=O)c2ccc(Cl)s2)CCOCC1. The smallest absolute Gasteiger partial charge is 0.180 e. The summed E-state index contributed by atoms with van der Waals surface area (Å²) in [4.78, 5) is 13.1. The molecule has 1 aromatic rings. The van der Waals surface area contributed by atoms with Gasteiger partial charge in [0.1, 0.15) is 0 Å². The predicted octanol–water partition coefficient (Wildman–Crippen LogP) is 2.34. The van der Waals surface area contributed by atoms with Gasteiger partial charge in [-0.25, -0.2) is 0 Å². The average molecular weight is 260 g/mol. The van der Waals surface area contributed by atoms with Crippen LogP contribution in [-0.2, 0) is 4.74 Å². The molecule has 88 valence electrons. The fourth-order valence-electron chi connectivity index (χ4n) is 1.98. The average Bonchev–Trinajstić information content (AvgIpc) is 2.76. The summed E-state index contributed by atoms with van der Waals surface area (Å²) < 4.78 is 5.93. The van der Waals surface area contributed by atoms with Crippen LogP contribution in [0.15, 0.2) is 12.1 Å². The molecule has 0 aliphatic carbocycles. The summed E-state index contributed by atoms with van der Waals surface area (Å²) in [6.07, 6.45) is 1.41. The first kappa shape index (κ1) is 12.0. The van der Waals surface area contributed by atoms with E-state index in [4.69, 9.17) is 22.1 Å². The molecule has 3 nitrogen and oxygen atoms in total. The van der Waals surface area contributed by atoms with Crippen LogP contribution in [0.3, 0.4) is 0 Å². The van der Waals surface area contributed by atoms with Gasteiger partial charge in [-0.3, -0.25) is 4.79 Å². The lowest BCUT2D eigenvalue weighted by Gasteiger charge is -2.34. The molecule has 1 aromatic heterocycles. The monoisotopic (exact) mass is 259 g/mol. The van der Waals surface area contributed by atoms with Gasteiger partial charge in [-0.2, -0.15) is 0 Å². The minimum atomic E-state index is -0.438. The van der Waals surface area contributed by atoms with Gasteiger partial charge < -0.3 is 10.5 Å². The topological polar surface area (TPSA) is 52.3 Å². The van der Waals surface area contributed by atoms with Gasteiger partial charge in [0.05, 0.1) is 14.6 Å². The summed E-state index contributed by atoms with van der Waals surface area (Å²) in [5.74, 6) is 0.121. The van der Waals surface area contributed by atoms with Crippen LogP contribution in [0.2, 0.25) is 4.34 Å². The van der Waals surface area contributed by atoms with Crippen LogP contribution in [0.5, 0.6) is 0 Å². The number of nitrogens with two attached hydrogens (primary N) is 1. The van der Waals surface area contributed by atoms with E-state index in [9.17, 15) is 4.79 Å². The van der Waals surface area contributed by atoms with E-state index in [1.54, 1.807) is 12.1 Å². The maximum Gasteiger partial charge on any atom is 0.180 e. The fraction of sp³-hybridized carbons (Fsp3) is 0.545. The van der Waals surface area contributed by atoms with Crippen LogP contribution in [0.25, 0.3) is 0 Å². The summed E-state index contributed by atoms with van der Waals surface area (Å²) in [6.45, 7) is 1.61. The van der Waals surface area contributed by atoms with Crippen molar-refractivity contribution in [2.75, 3.05) is 19.8 Å². The molecule has 5 heteroatoms. The lowest BCUT2D eigenvalue weighted by Crippen LogP contribution is -2.43. The second-order valence-corrected chi connectivity index (χ2v) is 5.74. The molecule has 1 aliphatic heterocycles. The molecule has 1 fully saturated rings. The Kier molecular flexibility index (Phi) is 3.64. The zero-order valence-electron chi connectivity index (χ0n) is 8.87. The standard InChI is InChI=1S/C11H14ClNO2S/c12-9-2-1-8(16-9)10(14)11(7-13)3-5-15-6-4-11/h1-2H,3-7,13H2. The van der Waals surface area contributed by atoms with Crippen molar-refractivity contribution in [3.8, 4) is 0 Å². The van der Waals surface area contributed by atoms with Gasteiger partial charge in [0.25, 0.3) is 0 Å². The molecule has 0 saturated carbocycles. The van der Waals surface area contributed by atoms with Crippen molar-refractivity contribution >= 4 is 28.7 Å². The van der Waals surface area contributed by atoms with E-state index in [1.807, 2.05) is 0 Å². The van der Waals surface area contributed by atoms with Crippen LogP contribution in [0.4, 0.5) is 0 Å². The Balaban J connectivity index is 2.24. The van der Waals surface area contributed by atoms with Gasteiger partial charge in [0.15, 0.2) is 5.78 Å². The Bertz CT molecular complexity index is 385. The van der Waals surface area contributed by atoms with Crippen LogP contribution in [0, 0.1) is 5.41 Å². The molecular weight excluding hydrogens is 246 g/mol. The third-order valence-corrected chi connectivity index (χ3v) is 4.35. The quantitative estimate of drug-likeness (QED) is 0.848. The number of ketones is 1. The number of hydrogen-bond donors (Lipinski definition) is 1. The van der Waals surface area contributed by atoms with Gasteiger partial charge in [0.2, 0.25) is 0 Å². The first-order valence-corrected chi connectivity index (χ1v) is 6.45. The summed E-state index contributed by atoms with van der Waals surface area (Å²) in [5.41, 5.74) is 5.34. The summed E-state index contributed by atoms with van der Waals surface area (Å²) >= 11 is 7.17. The molecule has 0 radical (unpaired) electrons. The molecule has 0 atom stereocenters. The maximum atomic E-state index is 12.4. The van der Waals surface area contributed by atoms with E-state index in [-0.39, 0.29) is 5.78 Å². The minimum absolute atomic E-state index is 0.121. The molecule has 0 amide bonds. The van der Waals surface area contributed by atoms with Crippen molar-refractivity contribution in [2.24, 2.45) is 11.1 Å². The van der Waals surface area contributed by atoms with Crippen LogP contribution < -0.4 is 5.73 Å². The van der Waals surface area contributed by atoms with Crippen molar-refractivity contribution in [2.45, 2.75) is 12.8 Å². The number of ether oxygens (including phenoxy) is 1. The lowest BCUT2D eigenvalue weighted by molar-refractivity contribution is 0.0203. The zero-order chi connectivity index (χ0) is 11.6. The maximum absolute atomic E-state index is 12.4. The summed E-state index contributed by atoms with van der Waals surface area (Å²) in [6, 6.07) is 3.53. The van der Waals surface area contributed by atoms with E-state index in [0.29, 0.717) is 41.8 Å². The zero-order valence-corrected chi connectivity index (χ0v) is 10.4. The molecule has 1 aliphatic rings. The second kappa shape index (κ2) is 4.84. The Labute approximate surface area is 104 Å². The van der Waals surface area contributed by atoms with Gasteiger partial charge in [0, 0.05) is 19.8 Å². The molecule has 0 spiro atoms. The van der Waals surface area contributed by atoms with E-state index < -0.39 is 5.41 Å². The lowest BCUT2D eigenvalue weighted by atomic mass is 9.76. The number of rotatable bonds is 3. The van der Waals surface area contributed by atoms with Gasteiger partial charge >= 0.3 is 0 Å². The molecule has 0 aromatic carbocycles. The van der Waals surface area contributed by atoms with Crippen molar-refractivity contribution in [1.82, 2.24) is 0 Å². The molecule has 0 unspecified atom stereocenters. The molecule has 0 bridgehead atoms. The van der Waals surface area contributed by atoms with Gasteiger partial charge in [-0.15, -0.1) is 11.3 Å². The van der Waals surface area contributed by atoms with E-state index in [1.165, 1.54) is 11.3 Å². The normalized spacial score (nSPS) is 19.6. The summed E-state index contributed by atoms with van der Waals surface area (Å²) in [5, 5.41) is 0. The fourth-order valence-corrected chi connectivity index (χ4v) is 3.09. The third kappa shape index (κ3) is 2.15. The van der Waals surface area contributed by atoms with Crippen LogP contribution >= 0.6 is 22.9 Å². The van der Waals surface area contributed by atoms with Crippen molar-refractivity contribution in [1.29, 1.82) is 0 Å². The number of carbonyl (C=O) groups excluding carboxylic acids is 1. The third-order valence-electron chi connectivity index (χ3n) is 3.12. The van der Waals surface area contributed by atoms with Crippen LogP contribution in [-0.4, -0.2) is 25.5 Å². The molecule has 16 heavy (non-hydrogen) atoms. The van der Waals surface area contributed by atoms with E-state index in [0.717, 1.165) is 0 Å². The van der Waals surface area contributed by atoms with Crippen molar-refractivity contribution in [3.63, 3.8) is 0 Å². The van der Waals surface area contributed by atoms with Gasteiger partial charge in [-0.1, -0.05) is 11.6 Å². The number of thiophene rings is 1. The highest BCUT2D eigenvalue weighted by atomic mass is 35.5. The van der Waals surface area contributed by atoms with Crippen molar-refractivity contribution < 1.29 is 9.53 Å². The Morgan fingerprint density at radius 2 is 2.19 bits per heavy atom.